The molecule has 0 saturated carbocycles. The van der Waals surface area contributed by atoms with Gasteiger partial charge in [-0.25, -0.2) is 0 Å². The van der Waals surface area contributed by atoms with Gasteiger partial charge in [-0.3, -0.25) is 14.4 Å². The van der Waals surface area contributed by atoms with Crippen molar-refractivity contribution >= 4 is 35.2 Å². The first kappa shape index (κ1) is 18.3. The molecule has 1 heterocycles. The van der Waals surface area contributed by atoms with Crippen molar-refractivity contribution in [1.29, 1.82) is 0 Å². The average Bonchev–Trinajstić information content (AvgIpc) is 2.55. The second-order valence-corrected chi connectivity index (χ2v) is 6.65. The molecule has 1 saturated heterocycles. The van der Waals surface area contributed by atoms with Crippen molar-refractivity contribution in [2.75, 3.05) is 29.9 Å². The second-order valence-electron chi connectivity index (χ2n) is 5.50. The third kappa shape index (κ3) is 5.86. The molecule has 0 spiro atoms. The highest BCUT2D eigenvalue weighted by atomic mass is 32.2. The van der Waals surface area contributed by atoms with Crippen LogP contribution in [0.4, 0.5) is 5.69 Å². The topological polar surface area (TPSA) is 113 Å². The zero-order chi connectivity index (χ0) is 17.4. The fourth-order valence-corrected chi connectivity index (χ4v) is 3.31. The van der Waals surface area contributed by atoms with E-state index in [1.165, 1.54) is 0 Å². The molecule has 1 aromatic rings. The van der Waals surface area contributed by atoms with Gasteiger partial charge in [-0.2, -0.15) is 11.8 Å². The molecule has 1 aromatic carbocycles. The Hall–Kier alpha value is -2.06. The SMILES string of the molecule is NC(=O)CCNC(=O)c1ccccc1NC(=O)CC1CSCCN1. The number of rotatable bonds is 7. The first-order valence-electron chi connectivity index (χ1n) is 7.83. The highest BCUT2D eigenvalue weighted by Gasteiger charge is 2.18. The van der Waals surface area contributed by atoms with E-state index < -0.39 is 5.91 Å². The van der Waals surface area contributed by atoms with Crippen molar-refractivity contribution in [3.63, 3.8) is 0 Å². The Kier molecular flexibility index (Phi) is 7.07. The Balaban J connectivity index is 1.93. The molecule has 8 heteroatoms. The first-order valence-corrected chi connectivity index (χ1v) is 8.98. The zero-order valence-electron chi connectivity index (χ0n) is 13.3. The molecule has 3 amide bonds. The molecule has 0 bridgehead atoms. The van der Waals surface area contributed by atoms with Crippen molar-refractivity contribution in [3.05, 3.63) is 29.8 Å². The second kappa shape index (κ2) is 9.29. The summed E-state index contributed by atoms with van der Waals surface area (Å²) in [5, 5.41) is 8.72. The summed E-state index contributed by atoms with van der Waals surface area (Å²) in [4.78, 5) is 35.1. The number of amides is 3. The van der Waals surface area contributed by atoms with Gasteiger partial charge in [0.05, 0.1) is 11.3 Å². The van der Waals surface area contributed by atoms with Crippen molar-refractivity contribution < 1.29 is 14.4 Å². The minimum absolute atomic E-state index is 0.0747. The van der Waals surface area contributed by atoms with Crippen LogP contribution in [0.15, 0.2) is 24.3 Å². The standard InChI is InChI=1S/C16H22N4O3S/c17-14(21)5-6-19-16(23)12-3-1-2-4-13(12)20-15(22)9-11-10-24-8-7-18-11/h1-4,11,18H,5-10H2,(H2,17,21)(H,19,23)(H,20,22). The Morgan fingerprint density at radius 1 is 1.29 bits per heavy atom. The van der Waals surface area contributed by atoms with Crippen molar-refractivity contribution in [3.8, 4) is 0 Å². The van der Waals surface area contributed by atoms with E-state index in [0.29, 0.717) is 17.7 Å². The number of hydrogen-bond donors (Lipinski definition) is 4. The van der Waals surface area contributed by atoms with E-state index in [0.717, 1.165) is 18.1 Å². The van der Waals surface area contributed by atoms with Gasteiger partial charge in [0.25, 0.3) is 5.91 Å². The molecule has 1 atom stereocenters. The van der Waals surface area contributed by atoms with Gasteiger partial charge in [-0.05, 0) is 12.1 Å². The minimum Gasteiger partial charge on any atom is -0.370 e. The summed E-state index contributed by atoms with van der Waals surface area (Å²) < 4.78 is 0. The van der Waals surface area contributed by atoms with Crippen LogP contribution in [0.2, 0.25) is 0 Å². The molecule has 7 nitrogen and oxygen atoms in total. The van der Waals surface area contributed by atoms with Crippen LogP contribution in [0.25, 0.3) is 0 Å². The molecule has 1 unspecified atom stereocenters. The maximum absolute atomic E-state index is 12.2. The highest BCUT2D eigenvalue weighted by Crippen LogP contribution is 2.16. The third-order valence-electron chi connectivity index (χ3n) is 3.53. The van der Waals surface area contributed by atoms with Crippen LogP contribution in [-0.2, 0) is 9.59 Å². The molecular formula is C16H22N4O3S. The lowest BCUT2D eigenvalue weighted by Crippen LogP contribution is -2.40. The fraction of sp³-hybridized carbons (Fsp3) is 0.438. The number of nitrogens with two attached hydrogens (primary N) is 1. The van der Waals surface area contributed by atoms with Gasteiger partial charge in [-0.1, -0.05) is 12.1 Å². The number of primary amides is 1. The number of para-hydroxylation sites is 1. The van der Waals surface area contributed by atoms with Crippen molar-refractivity contribution in [2.24, 2.45) is 5.73 Å². The van der Waals surface area contributed by atoms with E-state index in [1.807, 2.05) is 11.8 Å². The smallest absolute Gasteiger partial charge is 0.253 e. The molecule has 1 fully saturated rings. The predicted octanol–water partition coefficient (Wildman–Crippen LogP) is 0.325. The minimum atomic E-state index is -0.477. The Labute approximate surface area is 145 Å². The molecule has 0 radical (unpaired) electrons. The quantitative estimate of drug-likeness (QED) is 0.566. The third-order valence-corrected chi connectivity index (χ3v) is 4.66. The van der Waals surface area contributed by atoms with Gasteiger partial charge in [-0.15, -0.1) is 0 Å². The van der Waals surface area contributed by atoms with Crippen LogP contribution < -0.4 is 21.7 Å². The summed E-state index contributed by atoms with van der Waals surface area (Å²) in [5.74, 6) is 1.01. The molecule has 5 N–H and O–H groups in total. The monoisotopic (exact) mass is 350 g/mol. The maximum atomic E-state index is 12.2. The predicted molar refractivity (Wildman–Crippen MR) is 94.9 cm³/mol. The number of carbonyl (C=O) groups is 3. The first-order chi connectivity index (χ1) is 11.6. The number of benzene rings is 1. The summed E-state index contributed by atoms with van der Waals surface area (Å²) in [6.45, 7) is 1.07. The van der Waals surface area contributed by atoms with E-state index >= 15 is 0 Å². The number of thioether (sulfide) groups is 1. The number of hydrogen-bond acceptors (Lipinski definition) is 5. The Morgan fingerprint density at radius 2 is 2.08 bits per heavy atom. The lowest BCUT2D eigenvalue weighted by molar-refractivity contribution is -0.118. The van der Waals surface area contributed by atoms with Gasteiger partial charge in [0.2, 0.25) is 11.8 Å². The molecular weight excluding hydrogens is 328 g/mol. The zero-order valence-corrected chi connectivity index (χ0v) is 14.2. The molecule has 1 aliphatic rings. The van der Waals surface area contributed by atoms with Gasteiger partial charge in [0.15, 0.2) is 0 Å². The average molecular weight is 350 g/mol. The lowest BCUT2D eigenvalue weighted by Gasteiger charge is -2.22. The highest BCUT2D eigenvalue weighted by molar-refractivity contribution is 7.99. The largest absolute Gasteiger partial charge is 0.370 e. The summed E-state index contributed by atoms with van der Waals surface area (Å²) in [7, 11) is 0. The Morgan fingerprint density at radius 3 is 2.79 bits per heavy atom. The summed E-state index contributed by atoms with van der Waals surface area (Å²) in [6.07, 6.45) is 0.440. The summed E-state index contributed by atoms with van der Waals surface area (Å²) >= 11 is 1.83. The van der Waals surface area contributed by atoms with Crippen LogP contribution in [0.1, 0.15) is 23.2 Å². The summed E-state index contributed by atoms with van der Waals surface area (Å²) in [5.41, 5.74) is 5.87. The van der Waals surface area contributed by atoms with Crippen LogP contribution in [0.5, 0.6) is 0 Å². The van der Waals surface area contributed by atoms with Crippen LogP contribution in [0.3, 0.4) is 0 Å². The van der Waals surface area contributed by atoms with Gasteiger partial charge in [0.1, 0.15) is 0 Å². The number of carbonyl (C=O) groups excluding carboxylic acids is 3. The van der Waals surface area contributed by atoms with Gasteiger partial charge >= 0.3 is 0 Å². The maximum Gasteiger partial charge on any atom is 0.253 e. The lowest BCUT2D eigenvalue weighted by atomic mass is 10.1. The number of anilines is 1. The van der Waals surface area contributed by atoms with Crippen LogP contribution in [0, 0.1) is 0 Å². The number of nitrogens with one attached hydrogen (secondary N) is 3. The van der Waals surface area contributed by atoms with Gasteiger partial charge in [0, 0.05) is 43.5 Å². The van der Waals surface area contributed by atoms with Gasteiger partial charge < -0.3 is 21.7 Å². The van der Waals surface area contributed by atoms with E-state index in [9.17, 15) is 14.4 Å². The molecule has 2 rings (SSSR count). The van der Waals surface area contributed by atoms with E-state index in [1.54, 1.807) is 24.3 Å². The molecule has 24 heavy (non-hydrogen) atoms. The van der Waals surface area contributed by atoms with E-state index in [2.05, 4.69) is 16.0 Å². The molecule has 1 aliphatic heterocycles. The van der Waals surface area contributed by atoms with E-state index in [-0.39, 0.29) is 30.8 Å². The van der Waals surface area contributed by atoms with E-state index in [4.69, 9.17) is 5.73 Å². The summed E-state index contributed by atoms with van der Waals surface area (Å²) in [6, 6.07) is 6.94. The normalized spacial score (nSPS) is 17.1. The molecule has 0 aliphatic carbocycles. The molecule has 0 aromatic heterocycles. The molecule has 130 valence electrons. The fourth-order valence-electron chi connectivity index (χ4n) is 2.36. The van der Waals surface area contributed by atoms with Crippen LogP contribution >= 0.6 is 11.8 Å². The van der Waals surface area contributed by atoms with Crippen LogP contribution in [-0.4, -0.2) is 48.4 Å². The van der Waals surface area contributed by atoms with Crippen molar-refractivity contribution in [2.45, 2.75) is 18.9 Å². The Bertz CT molecular complexity index is 603. The van der Waals surface area contributed by atoms with Crippen molar-refractivity contribution in [1.82, 2.24) is 10.6 Å².